The molecule has 5 heteroatoms. The number of carbonyl (C=O) groups excluding carboxylic acids is 2. The number of hydrogen-bond acceptors (Lipinski definition) is 4. The number of hydrogen-bond donors (Lipinski definition) is 0. The number of ether oxygens (including phenoxy) is 1. The van der Waals surface area contributed by atoms with Crippen molar-refractivity contribution in [1.82, 2.24) is 4.90 Å². The lowest BCUT2D eigenvalue weighted by Crippen LogP contribution is -2.51. The molecule has 1 saturated heterocycles. The summed E-state index contributed by atoms with van der Waals surface area (Å²) in [6, 6.07) is -0.854. The molecule has 0 unspecified atom stereocenters. The number of nitrogens with zero attached hydrogens (tertiary/aromatic N) is 1. The van der Waals surface area contributed by atoms with Crippen molar-refractivity contribution in [1.29, 1.82) is 0 Å². The minimum Gasteiger partial charge on any atom is -0.548 e. The summed E-state index contributed by atoms with van der Waals surface area (Å²) in [4.78, 5) is 24.2. The molecule has 1 atom stereocenters. The van der Waals surface area contributed by atoms with E-state index in [9.17, 15) is 14.7 Å². The Morgan fingerprint density at radius 1 is 1.24 bits per heavy atom. The second kappa shape index (κ2) is 5.38. The summed E-state index contributed by atoms with van der Waals surface area (Å²) in [5, 5.41) is 11.0. The van der Waals surface area contributed by atoms with Crippen LogP contribution in [0.3, 0.4) is 0 Å². The van der Waals surface area contributed by atoms with Crippen LogP contribution in [0.1, 0.15) is 46.5 Å². The first-order valence-electron chi connectivity index (χ1n) is 6.02. The summed E-state index contributed by atoms with van der Waals surface area (Å²) in [7, 11) is 0. The molecule has 0 spiro atoms. The van der Waals surface area contributed by atoms with Crippen molar-refractivity contribution in [2.24, 2.45) is 0 Å². The van der Waals surface area contributed by atoms with Crippen LogP contribution in [0.4, 0.5) is 4.79 Å². The molecule has 0 N–H and O–H groups in total. The maximum absolute atomic E-state index is 11.9. The number of rotatable bonds is 1. The van der Waals surface area contributed by atoms with Gasteiger partial charge >= 0.3 is 6.09 Å². The second-order valence-corrected chi connectivity index (χ2v) is 5.36. The number of carboxylic acids is 1. The molecule has 1 heterocycles. The van der Waals surface area contributed by atoms with Crippen LogP contribution < -0.4 is 5.11 Å². The SMILES string of the molecule is CC(C)(C)OC(=O)N1CCCCC[C@H]1C(=O)[O-]. The van der Waals surface area contributed by atoms with Gasteiger partial charge in [0.1, 0.15) is 5.60 Å². The van der Waals surface area contributed by atoms with Crippen molar-refractivity contribution in [2.45, 2.75) is 58.1 Å². The smallest absolute Gasteiger partial charge is 0.410 e. The molecule has 1 amide bonds. The Kier molecular flexibility index (Phi) is 4.37. The summed E-state index contributed by atoms with van der Waals surface area (Å²) in [6.07, 6.45) is 2.43. The Morgan fingerprint density at radius 2 is 1.88 bits per heavy atom. The van der Waals surface area contributed by atoms with E-state index in [1.807, 2.05) is 0 Å². The number of likely N-dealkylation sites (tertiary alicyclic amines) is 1. The van der Waals surface area contributed by atoms with Gasteiger partial charge < -0.3 is 14.6 Å². The van der Waals surface area contributed by atoms with Crippen LogP contribution in [0, 0.1) is 0 Å². The third-order valence-corrected chi connectivity index (χ3v) is 2.65. The molecule has 0 aromatic rings. The van der Waals surface area contributed by atoms with E-state index in [1.54, 1.807) is 20.8 Å². The average molecular weight is 242 g/mol. The van der Waals surface area contributed by atoms with Gasteiger partial charge in [0, 0.05) is 6.54 Å². The molecule has 0 aromatic heterocycles. The van der Waals surface area contributed by atoms with E-state index in [1.165, 1.54) is 4.90 Å². The van der Waals surface area contributed by atoms with Gasteiger partial charge in [-0.3, -0.25) is 4.90 Å². The van der Waals surface area contributed by atoms with E-state index in [-0.39, 0.29) is 0 Å². The summed E-state index contributed by atoms with van der Waals surface area (Å²) < 4.78 is 5.21. The van der Waals surface area contributed by atoms with Crippen molar-refractivity contribution in [3.63, 3.8) is 0 Å². The summed E-state index contributed by atoms with van der Waals surface area (Å²) >= 11 is 0. The van der Waals surface area contributed by atoms with Crippen LogP contribution in [-0.2, 0) is 9.53 Å². The lowest BCUT2D eigenvalue weighted by atomic mass is 10.1. The van der Waals surface area contributed by atoms with E-state index in [0.29, 0.717) is 13.0 Å². The van der Waals surface area contributed by atoms with Gasteiger partial charge in [0.25, 0.3) is 0 Å². The van der Waals surface area contributed by atoms with Crippen LogP contribution in [0.15, 0.2) is 0 Å². The third kappa shape index (κ3) is 4.24. The highest BCUT2D eigenvalue weighted by Crippen LogP contribution is 2.19. The van der Waals surface area contributed by atoms with Gasteiger partial charge in [0.05, 0.1) is 12.0 Å². The zero-order valence-electron chi connectivity index (χ0n) is 10.7. The quantitative estimate of drug-likeness (QED) is 0.685. The second-order valence-electron chi connectivity index (χ2n) is 5.36. The van der Waals surface area contributed by atoms with Gasteiger partial charge in [0.15, 0.2) is 0 Å². The molecular formula is C12H20NO4-. The maximum atomic E-state index is 11.9. The third-order valence-electron chi connectivity index (χ3n) is 2.65. The predicted octanol–water partition coefficient (Wildman–Crippen LogP) is 0.916. The van der Waals surface area contributed by atoms with Crippen LogP contribution in [0.5, 0.6) is 0 Å². The first-order chi connectivity index (χ1) is 7.81. The zero-order valence-corrected chi connectivity index (χ0v) is 10.7. The molecule has 1 aliphatic heterocycles. The Bertz CT molecular complexity index is 295. The standard InChI is InChI=1S/C12H21NO4/c1-12(2,3)17-11(16)13-8-6-4-5-7-9(13)10(14)15/h9H,4-8H2,1-3H3,(H,14,15)/p-1/t9-/m0/s1. The van der Waals surface area contributed by atoms with Crippen molar-refractivity contribution < 1.29 is 19.4 Å². The molecule has 5 nitrogen and oxygen atoms in total. The van der Waals surface area contributed by atoms with Crippen LogP contribution in [-0.4, -0.2) is 35.2 Å². The maximum Gasteiger partial charge on any atom is 0.410 e. The molecule has 1 rings (SSSR count). The fourth-order valence-corrected chi connectivity index (χ4v) is 1.89. The van der Waals surface area contributed by atoms with Crippen LogP contribution in [0.2, 0.25) is 0 Å². The fourth-order valence-electron chi connectivity index (χ4n) is 1.89. The largest absolute Gasteiger partial charge is 0.548 e. The molecule has 0 radical (unpaired) electrons. The molecule has 1 aliphatic rings. The van der Waals surface area contributed by atoms with E-state index in [4.69, 9.17) is 4.74 Å². The van der Waals surface area contributed by atoms with E-state index in [0.717, 1.165) is 19.3 Å². The van der Waals surface area contributed by atoms with E-state index < -0.39 is 23.7 Å². The average Bonchev–Trinajstić information content (AvgIpc) is 2.39. The molecule has 17 heavy (non-hydrogen) atoms. The number of amides is 1. The molecule has 0 bridgehead atoms. The highest BCUT2D eigenvalue weighted by Gasteiger charge is 2.29. The Morgan fingerprint density at radius 3 is 2.41 bits per heavy atom. The fraction of sp³-hybridized carbons (Fsp3) is 0.833. The van der Waals surface area contributed by atoms with Crippen molar-refractivity contribution in [3.05, 3.63) is 0 Å². The number of carbonyl (C=O) groups is 2. The monoisotopic (exact) mass is 242 g/mol. The van der Waals surface area contributed by atoms with Crippen LogP contribution in [0.25, 0.3) is 0 Å². The Labute approximate surface area is 102 Å². The van der Waals surface area contributed by atoms with Gasteiger partial charge in [-0.25, -0.2) is 4.79 Å². The summed E-state index contributed by atoms with van der Waals surface area (Å²) in [6.45, 7) is 5.71. The van der Waals surface area contributed by atoms with Crippen molar-refractivity contribution in [3.8, 4) is 0 Å². The van der Waals surface area contributed by atoms with Gasteiger partial charge in [-0.2, -0.15) is 0 Å². The molecule has 0 aliphatic carbocycles. The normalized spacial score (nSPS) is 21.8. The lowest BCUT2D eigenvalue weighted by molar-refractivity contribution is -0.311. The Balaban J connectivity index is 2.75. The number of carboxylic acid groups (broad SMARTS) is 1. The van der Waals surface area contributed by atoms with Crippen molar-refractivity contribution >= 4 is 12.1 Å². The first kappa shape index (κ1) is 13.8. The highest BCUT2D eigenvalue weighted by molar-refractivity contribution is 5.79. The first-order valence-corrected chi connectivity index (χ1v) is 6.02. The summed E-state index contributed by atoms with van der Waals surface area (Å²) in [5.41, 5.74) is -0.611. The van der Waals surface area contributed by atoms with E-state index >= 15 is 0 Å². The molecule has 0 saturated carbocycles. The molecular weight excluding hydrogens is 222 g/mol. The minimum absolute atomic E-state index is 0.424. The zero-order chi connectivity index (χ0) is 13.1. The molecule has 0 aromatic carbocycles. The highest BCUT2D eigenvalue weighted by atomic mass is 16.6. The van der Waals surface area contributed by atoms with Crippen LogP contribution >= 0.6 is 0 Å². The van der Waals surface area contributed by atoms with Gasteiger partial charge in [-0.1, -0.05) is 12.8 Å². The lowest BCUT2D eigenvalue weighted by Gasteiger charge is -2.32. The minimum atomic E-state index is -1.20. The van der Waals surface area contributed by atoms with Gasteiger partial charge in [-0.15, -0.1) is 0 Å². The molecule has 98 valence electrons. The van der Waals surface area contributed by atoms with E-state index in [2.05, 4.69) is 0 Å². The molecule has 1 fully saturated rings. The van der Waals surface area contributed by atoms with Crippen molar-refractivity contribution in [2.75, 3.05) is 6.54 Å². The van der Waals surface area contributed by atoms with Gasteiger partial charge in [0.2, 0.25) is 0 Å². The topological polar surface area (TPSA) is 69.7 Å². The van der Waals surface area contributed by atoms with Gasteiger partial charge in [-0.05, 0) is 33.6 Å². The number of aliphatic carboxylic acids is 1. The predicted molar refractivity (Wildman–Crippen MR) is 60.2 cm³/mol. The summed E-state index contributed by atoms with van der Waals surface area (Å²) in [5.74, 6) is -1.20. The Hall–Kier alpha value is -1.26.